The lowest BCUT2D eigenvalue weighted by Gasteiger charge is -2.14. The van der Waals surface area contributed by atoms with E-state index in [1.54, 1.807) is 0 Å². The van der Waals surface area contributed by atoms with E-state index >= 15 is 0 Å². The summed E-state index contributed by atoms with van der Waals surface area (Å²) in [7, 11) is 0. The molecule has 26 heavy (non-hydrogen) atoms. The van der Waals surface area contributed by atoms with E-state index in [4.69, 9.17) is 4.74 Å². The Kier molecular flexibility index (Phi) is 18.2. The molecule has 0 aromatic heterocycles. The average molecular weight is 371 g/mol. The summed E-state index contributed by atoms with van der Waals surface area (Å²) in [5.74, 6) is -0.202. The summed E-state index contributed by atoms with van der Waals surface area (Å²) < 4.78 is 5.22. The second-order valence-electron chi connectivity index (χ2n) is 7.53. The molecule has 0 radical (unpaired) electrons. The first kappa shape index (κ1) is 25.1. The van der Waals surface area contributed by atoms with Gasteiger partial charge in [-0.1, -0.05) is 84.0 Å². The van der Waals surface area contributed by atoms with Crippen molar-refractivity contribution in [2.24, 2.45) is 0 Å². The maximum absolute atomic E-state index is 11.7. The molecule has 1 atom stereocenters. The second kappa shape index (κ2) is 18.9. The van der Waals surface area contributed by atoms with Gasteiger partial charge in [0.25, 0.3) is 0 Å². The molecule has 0 unspecified atom stereocenters. The molecule has 0 rings (SSSR count). The smallest absolute Gasteiger partial charge is 0.306 e. The summed E-state index contributed by atoms with van der Waals surface area (Å²) in [4.78, 5) is 22.7. The largest absolute Gasteiger partial charge is 0.460 e. The minimum atomic E-state index is -0.534. The fraction of sp³-hybridized carbons (Fsp3) is 0.909. The summed E-state index contributed by atoms with van der Waals surface area (Å²) in [6.07, 6.45) is 17.2. The molecule has 0 saturated heterocycles. The van der Waals surface area contributed by atoms with Crippen LogP contribution in [0.25, 0.3) is 0 Å². The highest BCUT2D eigenvalue weighted by molar-refractivity contribution is 5.75. The van der Waals surface area contributed by atoms with Gasteiger partial charge in [0.05, 0.1) is 6.61 Å². The minimum Gasteiger partial charge on any atom is -0.460 e. The lowest BCUT2D eigenvalue weighted by atomic mass is 10.0. The van der Waals surface area contributed by atoms with E-state index < -0.39 is 6.10 Å². The molecular weight excluding hydrogens is 328 g/mol. The van der Waals surface area contributed by atoms with E-state index in [1.165, 1.54) is 77.6 Å². The molecule has 0 spiro atoms. The first-order chi connectivity index (χ1) is 12.6. The third-order valence-electron chi connectivity index (χ3n) is 4.80. The number of unbranched alkanes of at least 4 members (excludes halogenated alkanes) is 12. The van der Waals surface area contributed by atoms with Gasteiger partial charge in [-0.3, -0.25) is 4.79 Å². The van der Waals surface area contributed by atoms with Crippen LogP contribution in [0.15, 0.2) is 0 Å². The number of esters is 1. The zero-order chi connectivity index (χ0) is 19.5. The summed E-state index contributed by atoms with van der Waals surface area (Å²) in [5, 5.41) is 9.18. The van der Waals surface area contributed by atoms with Crippen molar-refractivity contribution >= 4 is 11.8 Å². The number of rotatable bonds is 19. The van der Waals surface area contributed by atoms with E-state index in [2.05, 4.69) is 6.92 Å². The quantitative estimate of drug-likeness (QED) is 0.232. The standard InChI is InChI=1S/C22H42O4/c1-3-4-5-6-7-8-9-10-11-12-13-14-15-16-22(25)26-21(19-23)18-17-20(2)24/h21,23H,3-19H2,1-2H3/t21-/m1/s1. The van der Waals surface area contributed by atoms with Crippen molar-refractivity contribution in [2.75, 3.05) is 6.61 Å². The number of carbonyl (C=O) groups excluding carboxylic acids is 2. The Morgan fingerprint density at radius 2 is 1.23 bits per heavy atom. The third kappa shape index (κ3) is 17.9. The average Bonchev–Trinajstić information content (AvgIpc) is 2.62. The Morgan fingerprint density at radius 3 is 1.65 bits per heavy atom. The molecule has 0 aliphatic rings. The molecule has 1 N–H and O–H groups in total. The van der Waals surface area contributed by atoms with Crippen LogP contribution in [0.3, 0.4) is 0 Å². The highest BCUT2D eigenvalue weighted by Gasteiger charge is 2.13. The zero-order valence-electron chi connectivity index (χ0n) is 17.3. The Bertz CT molecular complexity index is 341. The van der Waals surface area contributed by atoms with Gasteiger partial charge in [-0.2, -0.15) is 0 Å². The predicted molar refractivity (Wildman–Crippen MR) is 107 cm³/mol. The lowest BCUT2D eigenvalue weighted by Crippen LogP contribution is -2.22. The molecule has 0 amide bonds. The van der Waals surface area contributed by atoms with Crippen molar-refractivity contribution in [3.63, 3.8) is 0 Å². The van der Waals surface area contributed by atoms with Crippen LogP contribution in [0.2, 0.25) is 0 Å². The van der Waals surface area contributed by atoms with Gasteiger partial charge in [-0.05, 0) is 19.8 Å². The van der Waals surface area contributed by atoms with E-state index in [0.29, 0.717) is 19.3 Å². The van der Waals surface area contributed by atoms with Crippen LogP contribution in [0, 0.1) is 0 Å². The SMILES string of the molecule is CCCCCCCCCCCCCCCC(=O)O[C@@H](CO)CCC(C)=O. The van der Waals surface area contributed by atoms with Crippen LogP contribution >= 0.6 is 0 Å². The summed E-state index contributed by atoms with van der Waals surface area (Å²) in [6, 6.07) is 0. The van der Waals surface area contributed by atoms with Crippen molar-refractivity contribution in [1.82, 2.24) is 0 Å². The normalized spacial score (nSPS) is 12.1. The van der Waals surface area contributed by atoms with E-state index in [0.717, 1.165) is 12.8 Å². The molecule has 4 nitrogen and oxygen atoms in total. The Hall–Kier alpha value is -0.900. The number of ether oxygens (including phenoxy) is 1. The summed E-state index contributed by atoms with van der Waals surface area (Å²) >= 11 is 0. The number of Topliss-reactive ketones (excluding diaryl/α,β-unsaturated/α-hetero) is 1. The van der Waals surface area contributed by atoms with Crippen LogP contribution in [-0.2, 0) is 14.3 Å². The van der Waals surface area contributed by atoms with Gasteiger partial charge >= 0.3 is 5.97 Å². The Balaban J connectivity index is 3.38. The fourth-order valence-electron chi connectivity index (χ4n) is 3.08. The monoisotopic (exact) mass is 370 g/mol. The molecule has 0 fully saturated rings. The van der Waals surface area contributed by atoms with Gasteiger partial charge in [0.15, 0.2) is 0 Å². The van der Waals surface area contributed by atoms with Gasteiger partial charge in [0.1, 0.15) is 11.9 Å². The molecule has 0 bridgehead atoms. The first-order valence-corrected chi connectivity index (χ1v) is 10.9. The molecule has 0 aliphatic heterocycles. The van der Waals surface area contributed by atoms with Crippen LogP contribution in [0.5, 0.6) is 0 Å². The van der Waals surface area contributed by atoms with Crippen molar-refractivity contribution < 1.29 is 19.4 Å². The Labute approximate surface area is 161 Å². The van der Waals surface area contributed by atoms with Gasteiger partial charge in [0.2, 0.25) is 0 Å². The number of ketones is 1. The van der Waals surface area contributed by atoms with Crippen molar-refractivity contribution in [3.8, 4) is 0 Å². The molecule has 154 valence electrons. The molecule has 0 aliphatic carbocycles. The number of hydrogen-bond acceptors (Lipinski definition) is 4. The molecular formula is C22H42O4. The second-order valence-corrected chi connectivity index (χ2v) is 7.53. The molecule has 0 aromatic rings. The van der Waals surface area contributed by atoms with E-state index in [9.17, 15) is 14.7 Å². The third-order valence-corrected chi connectivity index (χ3v) is 4.80. The van der Waals surface area contributed by atoms with Gasteiger partial charge < -0.3 is 14.6 Å². The van der Waals surface area contributed by atoms with Gasteiger partial charge in [0, 0.05) is 12.8 Å². The highest BCUT2D eigenvalue weighted by atomic mass is 16.5. The fourth-order valence-corrected chi connectivity index (χ4v) is 3.08. The number of carbonyl (C=O) groups is 2. The van der Waals surface area contributed by atoms with Gasteiger partial charge in [-0.15, -0.1) is 0 Å². The Morgan fingerprint density at radius 1 is 0.769 bits per heavy atom. The van der Waals surface area contributed by atoms with Crippen LogP contribution in [-0.4, -0.2) is 29.6 Å². The summed E-state index contributed by atoms with van der Waals surface area (Å²) in [5.41, 5.74) is 0. The number of hydrogen-bond donors (Lipinski definition) is 1. The van der Waals surface area contributed by atoms with Crippen LogP contribution in [0.1, 0.15) is 117 Å². The topological polar surface area (TPSA) is 63.6 Å². The zero-order valence-corrected chi connectivity index (χ0v) is 17.3. The van der Waals surface area contributed by atoms with Crippen molar-refractivity contribution in [1.29, 1.82) is 0 Å². The van der Waals surface area contributed by atoms with E-state index in [1.807, 2.05) is 0 Å². The first-order valence-electron chi connectivity index (χ1n) is 10.9. The summed E-state index contributed by atoms with van der Waals surface area (Å²) in [6.45, 7) is 3.55. The number of aliphatic hydroxyl groups is 1. The highest BCUT2D eigenvalue weighted by Crippen LogP contribution is 2.13. The molecule has 0 saturated carbocycles. The van der Waals surface area contributed by atoms with Crippen molar-refractivity contribution in [2.45, 2.75) is 123 Å². The molecule has 0 heterocycles. The minimum absolute atomic E-state index is 0.0518. The predicted octanol–water partition coefficient (Wildman–Crippen LogP) is 5.74. The maximum atomic E-state index is 11.7. The van der Waals surface area contributed by atoms with Crippen LogP contribution in [0.4, 0.5) is 0 Å². The maximum Gasteiger partial charge on any atom is 0.306 e. The lowest BCUT2D eigenvalue weighted by molar-refractivity contribution is -0.152. The molecule has 0 aromatic carbocycles. The van der Waals surface area contributed by atoms with Gasteiger partial charge in [-0.25, -0.2) is 0 Å². The van der Waals surface area contributed by atoms with Crippen LogP contribution < -0.4 is 0 Å². The molecule has 4 heteroatoms. The van der Waals surface area contributed by atoms with E-state index in [-0.39, 0.29) is 18.4 Å². The van der Waals surface area contributed by atoms with Crippen molar-refractivity contribution in [3.05, 3.63) is 0 Å². The number of aliphatic hydroxyl groups excluding tert-OH is 1.